The zero-order valence-corrected chi connectivity index (χ0v) is 10.8. The number of halogens is 4. The monoisotopic (exact) mass is 318 g/mol. The van der Waals surface area contributed by atoms with Crippen LogP contribution in [-0.2, 0) is 6.18 Å². The summed E-state index contributed by atoms with van der Waals surface area (Å²) in [6, 6.07) is 5.35. The van der Waals surface area contributed by atoms with Crippen molar-refractivity contribution in [3.05, 3.63) is 46.6 Å². The van der Waals surface area contributed by atoms with Crippen LogP contribution >= 0.6 is 11.6 Å². The number of aromatic carboxylic acids is 1. The van der Waals surface area contributed by atoms with Crippen LogP contribution in [0.15, 0.2) is 30.3 Å². The van der Waals surface area contributed by atoms with Crippen molar-refractivity contribution in [2.75, 3.05) is 0 Å². The summed E-state index contributed by atoms with van der Waals surface area (Å²) in [6.07, 6.45) is -4.59. The van der Waals surface area contributed by atoms with Crippen molar-refractivity contribution in [3.63, 3.8) is 0 Å². The van der Waals surface area contributed by atoms with E-state index in [4.69, 9.17) is 21.4 Å². The predicted molar refractivity (Wildman–Crippen MR) is 65.5 cm³/mol. The van der Waals surface area contributed by atoms with E-state index in [1.165, 1.54) is 12.1 Å². The van der Waals surface area contributed by atoms with Gasteiger partial charge in [0.15, 0.2) is 5.69 Å². The first-order chi connectivity index (χ1) is 9.77. The van der Waals surface area contributed by atoms with Gasteiger partial charge in [0.2, 0.25) is 5.88 Å². The number of rotatable bonds is 3. The summed E-state index contributed by atoms with van der Waals surface area (Å²) in [6.45, 7) is 0. The average Bonchev–Trinajstić information content (AvgIpc) is 2.40. The van der Waals surface area contributed by atoms with Crippen molar-refractivity contribution in [1.29, 1.82) is 0 Å². The quantitative estimate of drug-likeness (QED) is 0.935. The highest BCUT2D eigenvalue weighted by molar-refractivity contribution is 6.32. The summed E-state index contributed by atoms with van der Waals surface area (Å²) >= 11 is 5.81. The van der Waals surface area contributed by atoms with E-state index in [0.29, 0.717) is 6.07 Å². The molecule has 110 valence electrons. The highest BCUT2D eigenvalue weighted by Gasteiger charge is 2.33. The van der Waals surface area contributed by atoms with E-state index in [0.717, 1.165) is 12.1 Å². The third kappa shape index (κ3) is 3.60. The Morgan fingerprint density at radius 3 is 2.38 bits per heavy atom. The van der Waals surface area contributed by atoms with Gasteiger partial charge < -0.3 is 9.84 Å². The van der Waals surface area contributed by atoms with E-state index in [9.17, 15) is 18.0 Å². The lowest BCUT2D eigenvalue weighted by Gasteiger charge is -2.08. The van der Waals surface area contributed by atoms with Crippen LogP contribution in [0.3, 0.4) is 0 Å². The first-order valence-electron chi connectivity index (χ1n) is 5.39. The molecule has 1 aromatic heterocycles. The summed E-state index contributed by atoms with van der Waals surface area (Å²) in [5, 5.41) is 15.0. The molecule has 2 rings (SSSR count). The Kier molecular flexibility index (Phi) is 3.99. The maximum absolute atomic E-state index is 12.3. The number of carbonyl (C=O) groups is 1. The molecule has 0 amide bonds. The third-order valence-electron chi connectivity index (χ3n) is 2.32. The topological polar surface area (TPSA) is 72.3 Å². The minimum atomic E-state index is -4.59. The number of hydrogen-bond donors (Lipinski definition) is 1. The lowest BCUT2D eigenvalue weighted by molar-refractivity contribution is -0.141. The van der Waals surface area contributed by atoms with Crippen molar-refractivity contribution in [2.24, 2.45) is 0 Å². The largest absolute Gasteiger partial charge is 0.478 e. The van der Waals surface area contributed by atoms with Gasteiger partial charge in [-0.05, 0) is 24.3 Å². The molecule has 0 atom stereocenters. The molecular weight excluding hydrogens is 313 g/mol. The number of carboxylic acids is 1. The summed E-state index contributed by atoms with van der Waals surface area (Å²) in [7, 11) is 0. The van der Waals surface area contributed by atoms with E-state index in [2.05, 4.69) is 10.2 Å². The molecule has 21 heavy (non-hydrogen) atoms. The Hall–Kier alpha value is -2.35. The summed E-state index contributed by atoms with van der Waals surface area (Å²) in [4.78, 5) is 10.7. The number of alkyl halides is 3. The average molecular weight is 319 g/mol. The molecule has 0 aliphatic carbocycles. The van der Waals surface area contributed by atoms with Gasteiger partial charge in [-0.2, -0.15) is 13.2 Å². The van der Waals surface area contributed by atoms with Crippen molar-refractivity contribution in [1.82, 2.24) is 10.2 Å². The third-order valence-corrected chi connectivity index (χ3v) is 2.62. The van der Waals surface area contributed by atoms with Crippen LogP contribution in [0.1, 0.15) is 16.1 Å². The Morgan fingerprint density at radius 1 is 1.19 bits per heavy atom. The fraction of sp³-hybridized carbons (Fsp3) is 0.0833. The standard InChI is InChI=1S/C12H6ClF3N2O3/c13-7-5-6(11(19)20)1-2-8(7)21-10-4-3-9(17-18-10)12(14,15)16/h1-5H,(H,19,20). The Morgan fingerprint density at radius 2 is 1.90 bits per heavy atom. The highest BCUT2D eigenvalue weighted by atomic mass is 35.5. The van der Waals surface area contributed by atoms with Gasteiger partial charge in [0.05, 0.1) is 10.6 Å². The smallest absolute Gasteiger partial charge is 0.435 e. The van der Waals surface area contributed by atoms with E-state index < -0.39 is 17.8 Å². The van der Waals surface area contributed by atoms with Gasteiger partial charge in [-0.1, -0.05) is 11.6 Å². The Bertz CT molecular complexity index is 674. The van der Waals surface area contributed by atoms with Crippen LogP contribution in [0.2, 0.25) is 5.02 Å². The van der Waals surface area contributed by atoms with Crippen LogP contribution in [0.25, 0.3) is 0 Å². The number of carboxylic acid groups (broad SMARTS) is 1. The second-order valence-corrected chi connectivity index (χ2v) is 4.21. The minimum absolute atomic E-state index is 0.0170. The van der Waals surface area contributed by atoms with Crippen molar-refractivity contribution >= 4 is 17.6 Å². The van der Waals surface area contributed by atoms with Crippen molar-refractivity contribution in [3.8, 4) is 11.6 Å². The van der Waals surface area contributed by atoms with Gasteiger partial charge in [0.25, 0.3) is 0 Å². The molecule has 1 N–H and O–H groups in total. The number of aromatic nitrogens is 2. The fourth-order valence-corrected chi connectivity index (χ4v) is 1.57. The molecule has 5 nitrogen and oxygen atoms in total. The summed E-state index contributed by atoms with van der Waals surface area (Å²) in [5.74, 6) is -1.32. The second kappa shape index (κ2) is 5.57. The number of hydrogen-bond acceptors (Lipinski definition) is 4. The molecule has 1 aromatic carbocycles. The van der Waals surface area contributed by atoms with Crippen molar-refractivity contribution < 1.29 is 27.8 Å². The SMILES string of the molecule is O=C(O)c1ccc(Oc2ccc(C(F)(F)F)nn2)c(Cl)c1. The molecule has 0 radical (unpaired) electrons. The molecule has 1 heterocycles. The maximum atomic E-state index is 12.3. The van der Waals surface area contributed by atoms with Gasteiger partial charge in [-0.3, -0.25) is 0 Å². The maximum Gasteiger partial charge on any atom is 0.435 e. The van der Waals surface area contributed by atoms with Crippen LogP contribution < -0.4 is 4.74 Å². The van der Waals surface area contributed by atoms with Crippen LogP contribution in [-0.4, -0.2) is 21.3 Å². The molecule has 0 saturated carbocycles. The van der Waals surface area contributed by atoms with Crippen molar-refractivity contribution in [2.45, 2.75) is 6.18 Å². The Labute approximate surface area is 120 Å². The summed E-state index contributed by atoms with van der Waals surface area (Å²) in [5.41, 5.74) is -1.20. The molecule has 0 aliphatic rings. The lowest BCUT2D eigenvalue weighted by Crippen LogP contribution is -2.08. The van der Waals surface area contributed by atoms with E-state index in [1.807, 2.05) is 0 Å². The molecule has 0 saturated heterocycles. The second-order valence-electron chi connectivity index (χ2n) is 3.81. The minimum Gasteiger partial charge on any atom is -0.478 e. The first kappa shape index (κ1) is 15.0. The fourth-order valence-electron chi connectivity index (χ4n) is 1.35. The van der Waals surface area contributed by atoms with Crippen LogP contribution in [0, 0.1) is 0 Å². The zero-order chi connectivity index (χ0) is 15.6. The van der Waals surface area contributed by atoms with E-state index in [-0.39, 0.29) is 22.2 Å². The molecule has 0 aliphatic heterocycles. The zero-order valence-electron chi connectivity index (χ0n) is 10.1. The molecule has 0 unspecified atom stereocenters. The number of nitrogens with zero attached hydrogens (tertiary/aromatic N) is 2. The van der Waals surface area contributed by atoms with Gasteiger partial charge in [-0.25, -0.2) is 4.79 Å². The van der Waals surface area contributed by atoms with Gasteiger partial charge >= 0.3 is 12.1 Å². The predicted octanol–water partition coefficient (Wildman–Crippen LogP) is 3.64. The highest BCUT2D eigenvalue weighted by Crippen LogP contribution is 2.31. The molecule has 0 bridgehead atoms. The molecule has 2 aromatic rings. The summed E-state index contributed by atoms with van der Waals surface area (Å²) < 4.78 is 42.1. The lowest BCUT2D eigenvalue weighted by atomic mass is 10.2. The number of benzene rings is 1. The van der Waals surface area contributed by atoms with E-state index in [1.54, 1.807) is 0 Å². The van der Waals surface area contributed by atoms with Crippen LogP contribution in [0.5, 0.6) is 11.6 Å². The van der Waals surface area contributed by atoms with E-state index >= 15 is 0 Å². The molecule has 0 fully saturated rings. The normalized spacial score (nSPS) is 11.2. The van der Waals surface area contributed by atoms with Gasteiger partial charge in [-0.15, -0.1) is 10.2 Å². The van der Waals surface area contributed by atoms with Gasteiger partial charge in [0, 0.05) is 6.07 Å². The Balaban J connectivity index is 2.20. The molecular formula is C12H6ClF3N2O3. The van der Waals surface area contributed by atoms with Crippen LogP contribution in [0.4, 0.5) is 13.2 Å². The molecule has 9 heteroatoms. The number of ether oxygens (including phenoxy) is 1. The van der Waals surface area contributed by atoms with Gasteiger partial charge in [0.1, 0.15) is 5.75 Å². The first-order valence-corrected chi connectivity index (χ1v) is 5.77. The molecule has 0 spiro atoms.